The molecule has 5 nitrogen and oxygen atoms in total. The summed E-state index contributed by atoms with van der Waals surface area (Å²) in [5.41, 5.74) is 7.84. The van der Waals surface area contributed by atoms with Crippen LogP contribution in [0.15, 0.2) is 36.4 Å². The van der Waals surface area contributed by atoms with E-state index in [9.17, 15) is 9.59 Å². The number of carbonyl (C=O) groups is 2. The van der Waals surface area contributed by atoms with Gasteiger partial charge in [0.1, 0.15) is 0 Å². The molecule has 0 aliphatic carbocycles. The molecular formula is C19H25N3O2. The number of likely N-dealkylation sites (tertiary alicyclic amines) is 1. The number of hydrogen-bond donors (Lipinski definition) is 1. The van der Waals surface area contributed by atoms with Gasteiger partial charge in [0.25, 0.3) is 0 Å². The lowest BCUT2D eigenvalue weighted by Crippen LogP contribution is -2.47. The van der Waals surface area contributed by atoms with Crippen LogP contribution in [0.25, 0.3) is 5.57 Å². The van der Waals surface area contributed by atoms with E-state index in [4.69, 9.17) is 5.73 Å². The molecule has 2 amide bonds. The molecule has 0 spiro atoms. The summed E-state index contributed by atoms with van der Waals surface area (Å²) < 4.78 is 0. The molecule has 5 heteroatoms. The van der Waals surface area contributed by atoms with Crippen LogP contribution in [0.4, 0.5) is 0 Å². The number of primary amides is 1. The number of nitrogens with two attached hydrogens (primary N) is 1. The minimum Gasteiger partial charge on any atom is -0.369 e. The Morgan fingerprint density at radius 1 is 1.17 bits per heavy atom. The number of rotatable bonds is 4. The van der Waals surface area contributed by atoms with Crippen molar-refractivity contribution in [3.05, 3.63) is 42.0 Å². The Balaban J connectivity index is 1.58. The Hall–Kier alpha value is -2.14. The average molecular weight is 327 g/mol. The van der Waals surface area contributed by atoms with Crippen LogP contribution in [0.2, 0.25) is 0 Å². The second kappa shape index (κ2) is 7.62. The standard InChI is InChI=1S/C19H25N3O2/c20-18(23)14-21-10-4-7-17(13-21)19(24)22-11-8-16(9-12-22)15-5-2-1-3-6-15/h1-3,5-6,8,17H,4,7,9-14H2,(H2,20,23). The summed E-state index contributed by atoms with van der Waals surface area (Å²) in [7, 11) is 0. The molecule has 0 saturated carbocycles. The van der Waals surface area contributed by atoms with E-state index in [1.807, 2.05) is 28.0 Å². The van der Waals surface area contributed by atoms with E-state index in [2.05, 4.69) is 18.2 Å². The Bertz CT molecular complexity index is 627. The molecule has 1 aromatic carbocycles. The fourth-order valence-electron chi connectivity index (χ4n) is 3.66. The van der Waals surface area contributed by atoms with Crippen molar-refractivity contribution in [1.82, 2.24) is 9.80 Å². The van der Waals surface area contributed by atoms with Gasteiger partial charge >= 0.3 is 0 Å². The maximum absolute atomic E-state index is 12.8. The topological polar surface area (TPSA) is 66.6 Å². The van der Waals surface area contributed by atoms with Gasteiger partial charge in [-0.1, -0.05) is 36.4 Å². The molecule has 2 heterocycles. The quantitative estimate of drug-likeness (QED) is 0.911. The molecule has 3 rings (SSSR count). The predicted molar refractivity (Wildman–Crippen MR) is 94.0 cm³/mol. The van der Waals surface area contributed by atoms with Crippen LogP contribution in [-0.4, -0.2) is 54.3 Å². The second-order valence-electron chi connectivity index (χ2n) is 6.67. The van der Waals surface area contributed by atoms with Crippen molar-refractivity contribution < 1.29 is 9.59 Å². The number of benzene rings is 1. The zero-order valence-electron chi connectivity index (χ0n) is 14.0. The molecule has 0 bridgehead atoms. The number of piperidine rings is 1. The summed E-state index contributed by atoms with van der Waals surface area (Å²) in [4.78, 5) is 27.8. The van der Waals surface area contributed by atoms with Crippen molar-refractivity contribution in [3.8, 4) is 0 Å². The molecule has 2 aliphatic heterocycles. The summed E-state index contributed by atoms with van der Waals surface area (Å²) >= 11 is 0. The van der Waals surface area contributed by atoms with Crippen molar-refractivity contribution in [3.63, 3.8) is 0 Å². The van der Waals surface area contributed by atoms with Gasteiger partial charge in [0, 0.05) is 19.6 Å². The third-order valence-corrected chi connectivity index (χ3v) is 4.90. The van der Waals surface area contributed by atoms with E-state index in [-0.39, 0.29) is 24.3 Å². The normalized spacial score (nSPS) is 22.1. The van der Waals surface area contributed by atoms with Crippen LogP contribution < -0.4 is 5.73 Å². The summed E-state index contributed by atoms with van der Waals surface area (Å²) in [6.07, 6.45) is 4.91. The Morgan fingerprint density at radius 2 is 1.96 bits per heavy atom. The maximum Gasteiger partial charge on any atom is 0.231 e. The van der Waals surface area contributed by atoms with E-state index in [0.717, 1.165) is 32.4 Å². The molecular weight excluding hydrogens is 302 g/mol. The van der Waals surface area contributed by atoms with Gasteiger partial charge in [0.2, 0.25) is 11.8 Å². The minimum absolute atomic E-state index is 0.00947. The first-order valence-corrected chi connectivity index (χ1v) is 8.67. The van der Waals surface area contributed by atoms with Crippen molar-refractivity contribution in [2.75, 3.05) is 32.7 Å². The zero-order chi connectivity index (χ0) is 16.9. The van der Waals surface area contributed by atoms with Gasteiger partial charge in [0.15, 0.2) is 0 Å². The van der Waals surface area contributed by atoms with Gasteiger partial charge in [-0.05, 0) is 36.9 Å². The molecule has 0 radical (unpaired) electrons. The molecule has 2 aliphatic rings. The van der Waals surface area contributed by atoms with E-state index in [0.29, 0.717) is 13.1 Å². The van der Waals surface area contributed by atoms with E-state index >= 15 is 0 Å². The summed E-state index contributed by atoms with van der Waals surface area (Å²) in [6, 6.07) is 10.3. The van der Waals surface area contributed by atoms with Gasteiger partial charge in [0.05, 0.1) is 12.5 Å². The van der Waals surface area contributed by atoms with Crippen LogP contribution >= 0.6 is 0 Å². The van der Waals surface area contributed by atoms with Gasteiger partial charge < -0.3 is 10.6 Å². The first-order chi connectivity index (χ1) is 11.6. The van der Waals surface area contributed by atoms with Crippen LogP contribution in [0.3, 0.4) is 0 Å². The highest BCUT2D eigenvalue weighted by molar-refractivity contribution is 5.81. The first kappa shape index (κ1) is 16.7. The Labute approximate surface area is 143 Å². The lowest BCUT2D eigenvalue weighted by Gasteiger charge is -2.35. The molecule has 24 heavy (non-hydrogen) atoms. The average Bonchev–Trinajstić information content (AvgIpc) is 2.62. The van der Waals surface area contributed by atoms with E-state index in [1.54, 1.807) is 0 Å². The third-order valence-electron chi connectivity index (χ3n) is 4.90. The summed E-state index contributed by atoms with van der Waals surface area (Å²) in [5.74, 6) is -0.117. The van der Waals surface area contributed by atoms with Crippen LogP contribution in [0.1, 0.15) is 24.8 Å². The largest absolute Gasteiger partial charge is 0.369 e. The Morgan fingerprint density at radius 3 is 2.62 bits per heavy atom. The lowest BCUT2D eigenvalue weighted by atomic mass is 9.94. The molecule has 0 aromatic heterocycles. The molecule has 1 aromatic rings. The van der Waals surface area contributed by atoms with E-state index < -0.39 is 0 Å². The van der Waals surface area contributed by atoms with Gasteiger partial charge in [-0.2, -0.15) is 0 Å². The lowest BCUT2D eigenvalue weighted by molar-refractivity contribution is -0.137. The van der Waals surface area contributed by atoms with Crippen LogP contribution in [-0.2, 0) is 9.59 Å². The Kier molecular flexibility index (Phi) is 5.30. The van der Waals surface area contributed by atoms with Crippen LogP contribution in [0.5, 0.6) is 0 Å². The highest BCUT2D eigenvalue weighted by atomic mass is 16.2. The maximum atomic E-state index is 12.8. The van der Waals surface area contributed by atoms with Gasteiger partial charge in [-0.3, -0.25) is 14.5 Å². The van der Waals surface area contributed by atoms with Crippen molar-refractivity contribution >= 4 is 17.4 Å². The second-order valence-corrected chi connectivity index (χ2v) is 6.67. The van der Waals surface area contributed by atoms with E-state index in [1.165, 1.54) is 11.1 Å². The van der Waals surface area contributed by atoms with Gasteiger partial charge in [-0.25, -0.2) is 0 Å². The van der Waals surface area contributed by atoms with Gasteiger partial charge in [-0.15, -0.1) is 0 Å². The monoisotopic (exact) mass is 327 g/mol. The minimum atomic E-state index is -0.323. The van der Waals surface area contributed by atoms with Crippen molar-refractivity contribution in [1.29, 1.82) is 0 Å². The molecule has 1 fully saturated rings. The molecule has 1 atom stereocenters. The number of hydrogen-bond acceptors (Lipinski definition) is 3. The number of amides is 2. The van der Waals surface area contributed by atoms with Crippen LogP contribution in [0, 0.1) is 5.92 Å². The SMILES string of the molecule is NC(=O)CN1CCCC(C(=O)N2CC=C(c3ccccc3)CC2)C1. The number of nitrogens with zero attached hydrogens (tertiary/aromatic N) is 2. The highest BCUT2D eigenvalue weighted by Gasteiger charge is 2.30. The molecule has 1 unspecified atom stereocenters. The predicted octanol–water partition coefficient (Wildman–Crippen LogP) is 1.50. The first-order valence-electron chi connectivity index (χ1n) is 8.67. The summed E-state index contributed by atoms with van der Waals surface area (Å²) in [5, 5.41) is 0. The van der Waals surface area contributed by atoms with Crippen molar-refractivity contribution in [2.24, 2.45) is 11.7 Å². The smallest absolute Gasteiger partial charge is 0.231 e. The van der Waals surface area contributed by atoms with Crippen molar-refractivity contribution in [2.45, 2.75) is 19.3 Å². The highest BCUT2D eigenvalue weighted by Crippen LogP contribution is 2.25. The fourth-order valence-corrected chi connectivity index (χ4v) is 3.66. The third kappa shape index (κ3) is 4.03. The number of carbonyl (C=O) groups excluding carboxylic acids is 2. The molecule has 1 saturated heterocycles. The zero-order valence-corrected chi connectivity index (χ0v) is 14.0. The fraction of sp³-hybridized carbons (Fsp3) is 0.474. The molecule has 128 valence electrons. The summed E-state index contributed by atoms with van der Waals surface area (Å²) in [6.45, 7) is 3.20. The molecule has 2 N–H and O–H groups in total.